The minimum Gasteiger partial charge on any atom is -0.309 e. The number of aromatic nitrogens is 1. The molecule has 0 saturated carbocycles. The van der Waals surface area contributed by atoms with Crippen LogP contribution in [0.5, 0.6) is 0 Å². The second-order valence-electron chi connectivity index (χ2n) is 9.72. The molecule has 0 atom stereocenters. The predicted octanol–water partition coefficient (Wildman–Crippen LogP) is 10.8. The van der Waals surface area contributed by atoms with E-state index in [1.165, 1.54) is 38.4 Å². The number of aryl methyl sites for hydroxylation is 1. The minimum atomic E-state index is 0.724. The lowest BCUT2D eigenvalue weighted by atomic mass is 9.91. The lowest BCUT2D eigenvalue weighted by Gasteiger charge is -2.24. The number of fused-ring (bicyclic) bond motifs is 5. The number of hydrogen-bond acceptors (Lipinski definition) is 0. The third-order valence-corrected chi connectivity index (χ3v) is 7.89. The molecule has 5 aromatic rings. The Morgan fingerprint density at radius 2 is 1.00 bits per heavy atom. The molecule has 3 heteroatoms. The molecule has 0 radical (unpaired) electrons. The van der Waals surface area contributed by atoms with Gasteiger partial charge in [0.25, 0.3) is 0 Å². The number of halogens is 2. The number of pyridine rings is 1. The molecule has 0 aromatic heterocycles. The highest BCUT2D eigenvalue weighted by Gasteiger charge is 2.28. The monoisotopic (exact) mass is 527 g/mol. The Labute approximate surface area is 231 Å². The van der Waals surface area contributed by atoms with Crippen LogP contribution in [0, 0.1) is 6.92 Å². The molecule has 2 aliphatic rings. The van der Waals surface area contributed by atoms with Crippen molar-refractivity contribution in [1.29, 1.82) is 0 Å². The van der Waals surface area contributed by atoms with Crippen LogP contribution in [0.15, 0.2) is 121 Å². The summed E-state index contributed by atoms with van der Waals surface area (Å²) in [6.07, 6.45) is 0. The van der Waals surface area contributed by atoms with E-state index in [-0.39, 0.29) is 0 Å². The van der Waals surface area contributed by atoms with Crippen molar-refractivity contribution in [3.05, 3.63) is 137 Å². The first-order chi connectivity index (χ1) is 18.6. The summed E-state index contributed by atoms with van der Waals surface area (Å²) in [7, 11) is 0. The van der Waals surface area contributed by atoms with E-state index in [9.17, 15) is 0 Å². The van der Waals surface area contributed by atoms with Crippen molar-refractivity contribution in [1.82, 2.24) is 4.57 Å². The first-order valence-corrected chi connectivity index (χ1v) is 13.4. The Balaban J connectivity index is 1.75. The van der Waals surface area contributed by atoms with Crippen molar-refractivity contribution in [2.75, 3.05) is 0 Å². The molecule has 1 heterocycles. The molecule has 38 heavy (non-hydrogen) atoms. The van der Waals surface area contributed by atoms with Gasteiger partial charge in [-0.3, -0.25) is 0 Å². The van der Waals surface area contributed by atoms with Crippen molar-refractivity contribution >= 4 is 44.9 Å². The van der Waals surface area contributed by atoms with Gasteiger partial charge in [-0.25, -0.2) is 0 Å². The van der Waals surface area contributed by atoms with E-state index in [1.807, 2.05) is 24.3 Å². The number of nitrogens with zero attached hydrogens (tertiary/aromatic N) is 1. The van der Waals surface area contributed by atoms with Crippen molar-refractivity contribution in [2.24, 2.45) is 0 Å². The molecule has 0 fully saturated rings. The van der Waals surface area contributed by atoms with E-state index >= 15 is 0 Å². The molecule has 0 spiro atoms. The summed E-state index contributed by atoms with van der Waals surface area (Å²) in [5.41, 5.74) is 10.6. The lowest BCUT2D eigenvalue weighted by molar-refractivity contribution is 1.11. The number of para-hydroxylation sites is 1. The predicted molar refractivity (Wildman–Crippen MR) is 163 cm³/mol. The van der Waals surface area contributed by atoms with Crippen LogP contribution in [0.2, 0.25) is 10.0 Å². The average Bonchev–Trinajstić information content (AvgIpc) is 3.29. The van der Waals surface area contributed by atoms with Gasteiger partial charge in [0, 0.05) is 32.2 Å². The zero-order valence-corrected chi connectivity index (χ0v) is 22.3. The molecule has 7 rings (SSSR count). The van der Waals surface area contributed by atoms with Crippen LogP contribution in [-0.4, -0.2) is 4.57 Å². The largest absolute Gasteiger partial charge is 0.309 e. The van der Waals surface area contributed by atoms with Gasteiger partial charge < -0.3 is 4.57 Å². The standard InChI is InChI=1S/C35H23Cl2N/c1-22-10-20-27(21-11-22)38-31-9-5-4-8-30(31)33-32(23-12-16-25(36)17-13-23)28-6-2-3-7-29(28)34(33)35(38)24-14-18-26(37)19-15-24/h2-21H,1H3. The molecule has 5 aromatic carbocycles. The summed E-state index contributed by atoms with van der Waals surface area (Å²) in [6, 6.07) is 42.6. The smallest absolute Gasteiger partial charge is 0.0619 e. The van der Waals surface area contributed by atoms with Gasteiger partial charge in [0.05, 0.1) is 11.2 Å². The summed E-state index contributed by atoms with van der Waals surface area (Å²) in [4.78, 5) is 0. The van der Waals surface area contributed by atoms with Crippen LogP contribution in [0.1, 0.15) is 5.56 Å². The second-order valence-corrected chi connectivity index (χ2v) is 10.6. The Kier molecular flexibility index (Phi) is 5.51. The van der Waals surface area contributed by atoms with Gasteiger partial charge >= 0.3 is 0 Å². The normalized spacial score (nSPS) is 11.6. The van der Waals surface area contributed by atoms with Gasteiger partial charge in [0.1, 0.15) is 0 Å². The van der Waals surface area contributed by atoms with E-state index in [0.717, 1.165) is 38.1 Å². The summed E-state index contributed by atoms with van der Waals surface area (Å²) in [5.74, 6) is 0. The van der Waals surface area contributed by atoms with Gasteiger partial charge in [-0.05, 0) is 76.9 Å². The summed E-state index contributed by atoms with van der Waals surface area (Å²) < 4.78 is 2.40. The van der Waals surface area contributed by atoms with Crippen LogP contribution in [0.3, 0.4) is 0 Å². The Morgan fingerprint density at radius 3 is 1.63 bits per heavy atom. The van der Waals surface area contributed by atoms with Gasteiger partial charge in [-0.1, -0.05) is 108 Å². The molecular formula is C35H23Cl2N. The van der Waals surface area contributed by atoms with E-state index < -0.39 is 0 Å². The minimum absolute atomic E-state index is 0.724. The van der Waals surface area contributed by atoms with Crippen LogP contribution in [0.4, 0.5) is 0 Å². The third-order valence-electron chi connectivity index (χ3n) is 7.38. The highest BCUT2D eigenvalue weighted by molar-refractivity contribution is 6.31. The molecule has 1 nitrogen and oxygen atoms in total. The fourth-order valence-corrected chi connectivity index (χ4v) is 5.95. The fraction of sp³-hybridized carbons (Fsp3) is 0.0286. The number of benzene rings is 5. The zero-order chi connectivity index (χ0) is 25.8. The van der Waals surface area contributed by atoms with Crippen molar-refractivity contribution in [3.63, 3.8) is 0 Å². The van der Waals surface area contributed by atoms with Crippen molar-refractivity contribution in [3.8, 4) is 39.2 Å². The average molecular weight is 528 g/mol. The highest BCUT2D eigenvalue weighted by atomic mass is 35.5. The van der Waals surface area contributed by atoms with Gasteiger partial charge in [0.15, 0.2) is 0 Å². The van der Waals surface area contributed by atoms with E-state index in [0.29, 0.717) is 0 Å². The van der Waals surface area contributed by atoms with Crippen LogP contribution in [-0.2, 0) is 0 Å². The molecule has 0 bridgehead atoms. The lowest BCUT2D eigenvalue weighted by Crippen LogP contribution is -2.05. The number of hydrogen-bond donors (Lipinski definition) is 0. The Morgan fingerprint density at radius 1 is 0.474 bits per heavy atom. The van der Waals surface area contributed by atoms with E-state index in [2.05, 4.69) is 109 Å². The summed E-state index contributed by atoms with van der Waals surface area (Å²) >= 11 is 12.7. The quantitative estimate of drug-likeness (QED) is 0.215. The maximum atomic E-state index is 6.36. The fourth-order valence-electron chi connectivity index (χ4n) is 5.70. The molecule has 182 valence electrons. The Hall–Kier alpha value is -4.04. The van der Waals surface area contributed by atoms with Crippen molar-refractivity contribution in [2.45, 2.75) is 6.92 Å². The topological polar surface area (TPSA) is 4.93 Å². The van der Waals surface area contributed by atoms with Gasteiger partial charge in [0.2, 0.25) is 0 Å². The number of rotatable bonds is 3. The first-order valence-electron chi connectivity index (χ1n) is 12.7. The summed E-state index contributed by atoms with van der Waals surface area (Å²) in [6.45, 7) is 2.12. The first kappa shape index (κ1) is 23.1. The van der Waals surface area contributed by atoms with Gasteiger partial charge in [-0.15, -0.1) is 0 Å². The third kappa shape index (κ3) is 3.62. The van der Waals surface area contributed by atoms with Crippen molar-refractivity contribution < 1.29 is 0 Å². The maximum absolute atomic E-state index is 6.36. The summed E-state index contributed by atoms with van der Waals surface area (Å²) in [5, 5.41) is 5.12. The molecule has 0 amide bonds. The molecule has 1 aliphatic heterocycles. The van der Waals surface area contributed by atoms with Gasteiger partial charge in [-0.2, -0.15) is 0 Å². The van der Waals surface area contributed by atoms with Crippen LogP contribution in [0.25, 0.3) is 60.9 Å². The molecule has 0 unspecified atom stereocenters. The molecular weight excluding hydrogens is 505 g/mol. The van der Waals surface area contributed by atoms with E-state index in [4.69, 9.17) is 23.2 Å². The maximum Gasteiger partial charge on any atom is 0.0619 e. The molecule has 0 saturated heterocycles. The SMILES string of the molecule is Cc1ccc(-n2c(-c3ccc(Cl)cc3)c3c4ccccc4c(-c4ccc(Cl)cc4)c-3c3ccccc32)cc1. The van der Waals surface area contributed by atoms with Crippen LogP contribution < -0.4 is 0 Å². The highest BCUT2D eigenvalue weighted by Crippen LogP contribution is 2.53. The Bertz CT molecular complexity index is 1910. The zero-order valence-electron chi connectivity index (χ0n) is 20.8. The molecule has 0 N–H and O–H groups in total. The van der Waals surface area contributed by atoms with E-state index in [1.54, 1.807) is 0 Å². The molecule has 1 aliphatic carbocycles. The van der Waals surface area contributed by atoms with Crippen LogP contribution >= 0.6 is 23.2 Å². The second kappa shape index (κ2) is 9.06.